The van der Waals surface area contributed by atoms with Crippen LogP contribution < -0.4 is 5.73 Å². The molecule has 2 atom stereocenters. The molecule has 2 heterocycles. The minimum absolute atomic E-state index is 0.227. The van der Waals surface area contributed by atoms with E-state index in [0.29, 0.717) is 11.3 Å². The summed E-state index contributed by atoms with van der Waals surface area (Å²) in [5.74, 6) is -0.637. The standard InChI is InChI=1S/C12H15N3O3/c1-2-18-12(17)10(13)11(16)8-7-15-6-4-3-5-9(15)14-8/h3-7,10-11,16H,2,13H2,1H3. The lowest BCUT2D eigenvalue weighted by Gasteiger charge is -2.15. The van der Waals surface area contributed by atoms with E-state index in [9.17, 15) is 9.90 Å². The number of hydrogen-bond acceptors (Lipinski definition) is 5. The molecule has 0 radical (unpaired) electrons. The average Bonchev–Trinajstić information content (AvgIpc) is 2.81. The number of nitrogens with zero attached hydrogens (tertiary/aromatic N) is 2. The van der Waals surface area contributed by atoms with Crippen LogP contribution in [0.1, 0.15) is 18.7 Å². The number of aromatic nitrogens is 2. The Kier molecular flexibility index (Phi) is 3.59. The van der Waals surface area contributed by atoms with Crippen LogP contribution in [0.15, 0.2) is 30.6 Å². The van der Waals surface area contributed by atoms with E-state index < -0.39 is 18.1 Å². The van der Waals surface area contributed by atoms with Crippen molar-refractivity contribution in [1.82, 2.24) is 9.38 Å². The summed E-state index contributed by atoms with van der Waals surface area (Å²) >= 11 is 0. The fourth-order valence-electron chi connectivity index (χ4n) is 1.65. The molecule has 0 bridgehead atoms. The summed E-state index contributed by atoms with van der Waals surface area (Å²) in [4.78, 5) is 15.6. The number of hydrogen-bond donors (Lipinski definition) is 2. The van der Waals surface area contributed by atoms with Crippen LogP contribution in [0.2, 0.25) is 0 Å². The SMILES string of the molecule is CCOC(=O)C(N)C(O)c1cn2ccccc2n1. The van der Waals surface area contributed by atoms with Gasteiger partial charge in [-0.05, 0) is 19.1 Å². The van der Waals surface area contributed by atoms with Crippen molar-refractivity contribution in [2.24, 2.45) is 5.73 Å². The van der Waals surface area contributed by atoms with Crippen molar-refractivity contribution >= 4 is 11.6 Å². The zero-order chi connectivity index (χ0) is 13.1. The Morgan fingerprint density at radius 1 is 1.61 bits per heavy atom. The Morgan fingerprint density at radius 3 is 3.06 bits per heavy atom. The predicted molar refractivity (Wildman–Crippen MR) is 64.8 cm³/mol. The first-order valence-electron chi connectivity index (χ1n) is 5.67. The summed E-state index contributed by atoms with van der Waals surface area (Å²) < 4.78 is 6.51. The number of aliphatic hydroxyl groups excluding tert-OH is 1. The number of ether oxygens (including phenoxy) is 1. The lowest BCUT2D eigenvalue weighted by atomic mass is 10.1. The number of nitrogens with two attached hydrogens (primary N) is 1. The van der Waals surface area contributed by atoms with Gasteiger partial charge in [-0.15, -0.1) is 0 Å². The molecule has 0 aliphatic carbocycles. The van der Waals surface area contributed by atoms with Gasteiger partial charge in [-0.3, -0.25) is 4.79 Å². The average molecular weight is 249 g/mol. The molecular formula is C12H15N3O3. The van der Waals surface area contributed by atoms with Crippen LogP contribution in [0.3, 0.4) is 0 Å². The van der Waals surface area contributed by atoms with Gasteiger partial charge >= 0.3 is 5.97 Å². The second-order valence-corrected chi connectivity index (χ2v) is 3.85. The van der Waals surface area contributed by atoms with Gasteiger partial charge in [-0.1, -0.05) is 6.07 Å². The molecule has 0 aromatic carbocycles. The summed E-state index contributed by atoms with van der Waals surface area (Å²) in [6.07, 6.45) is 2.26. The van der Waals surface area contributed by atoms with E-state index in [2.05, 4.69) is 4.98 Å². The van der Waals surface area contributed by atoms with Crippen molar-refractivity contribution in [3.05, 3.63) is 36.3 Å². The van der Waals surface area contributed by atoms with Gasteiger partial charge in [0.15, 0.2) is 0 Å². The van der Waals surface area contributed by atoms with Gasteiger partial charge < -0.3 is 20.0 Å². The molecule has 3 N–H and O–H groups in total. The number of rotatable bonds is 4. The van der Waals surface area contributed by atoms with Crippen molar-refractivity contribution in [2.45, 2.75) is 19.1 Å². The molecule has 6 heteroatoms. The molecule has 2 aromatic rings. The van der Waals surface area contributed by atoms with Crippen molar-refractivity contribution in [3.63, 3.8) is 0 Å². The number of pyridine rings is 1. The number of aliphatic hydroxyl groups is 1. The molecule has 0 spiro atoms. The highest BCUT2D eigenvalue weighted by molar-refractivity contribution is 5.76. The summed E-state index contributed by atoms with van der Waals surface area (Å²) in [7, 11) is 0. The van der Waals surface area contributed by atoms with Crippen LogP contribution in [0.25, 0.3) is 5.65 Å². The number of esters is 1. The fraction of sp³-hybridized carbons (Fsp3) is 0.333. The third-order valence-electron chi connectivity index (χ3n) is 2.58. The normalized spacial score (nSPS) is 14.4. The highest BCUT2D eigenvalue weighted by Gasteiger charge is 2.27. The molecule has 6 nitrogen and oxygen atoms in total. The van der Waals surface area contributed by atoms with Crippen LogP contribution in [0.4, 0.5) is 0 Å². The summed E-state index contributed by atoms with van der Waals surface area (Å²) in [5.41, 5.74) is 6.66. The van der Waals surface area contributed by atoms with Crippen molar-refractivity contribution in [3.8, 4) is 0 Å². The fourth-order valence-corrected chi connectivity index (χ4v) is 1.65. The van der Waals surface area contributed by atoms with Crippen LogP contribution in [-0.4, -0.2) is 33.1 Å². The van der Waals surface area contributed by atoms with E-state index in [0.717, 1.165) is 0 Å². The van der Waals surface area contributed by atoms with E-state index in [-0.39, 0.29) is 6.61 Å². The van der Waals surface area contributed by atoms with Crippen LogP contribution >= 0.6 is 0 Å². The molecule has 2 aromatic heterocycles. The Morgan fingerprint density at radius 2 is 2.39 bits per heavy atom. The first-order chi connectivity index (χ1) is 8.63. The van der Waals surface area contributed by atoms with Crippen LogP contribution in [-0.2, 0) is 9.53 Å². The van der Waals surface area contributed by atoms with Crippen molar-refractivity contribution in [1.29, 1.82) is 0 Å². The molecule has 0 aliphatic rings. The summed E-state index contributed by atoms with van der Waals surface area (Å²) in [5, 5.41) is 9.99. The smallest absolute Gasteiger partial charge is 0.326 e. The number of fused-ring (bicyclic) bond motifs is 1. The first-order valence-corrected chi connectivity index (χ1v) is 5.67. The maximum atomic E-state index is 11.4. The minimum Gasteiger partial charge on any atom is -0.465 e. The minimum atomic E-state index is -1.18. The van der Waals surface area contributed by atoms with Gasteiger partial charge in [-0.25, -0.2) is 4.98 Å². The molecule has 2 unspecified atom stereocenters. The quantitative estimate of drug-likeness (QED) is 0.758. The van der Waals surface area contributed by atoms with Crippen molar-refractivity contribution in [2.75, 3.05) is 6.61 Å². The van der Waals surface area contributed by atoms with Gasteiger partial charge in [0.1, 0.15) is 17.8 Å². The monoisotopic (exact) mass is 249 g/mol. The first kappa shape index (κ1) is 12.5. The molecular weight excluding hydrogens is 234 g/mol. The lowest BCUT2D eigenvalue weighted by Crippen LogP contribution is -2.38. The Hall–Kier alpha value is -1.92. The highest BCUT2D eigenvalue weighted by Crippen LogP contribution is 2.16. The predicted octanol–water partition coefficient (Wildman–Crippen LogP) is 0.258. The molecule has 0 saturated heterocycles. The third kappa shape index (κ3) is 2.34. The molecule has 2 rings (SSSR count). The molecule has 0 fully saturated rings. The topological polar surface area (TPSA) is 89.8 Å². The van der Waals surface area contributed by atoms with E-state index in [1.165, 1.54) is 0 Å². The van der Waals surface area contributed by atoms with Gasteiger partial charge in [0.25, 0.3) is 0 Å². The number of carbonyl (C=O) groups excluding carboxylic acids is 1. The molecule has 0 aliphatic heterocycles. The van der Waals surface area contributed by atoms with Crippen LogP contribution in [0, 0.1) is 0 Å². The van der Waals surface area contributed by atoms with Crippen LogP contribution in [0.5, 0.6) is 0 Å². The van der Waals surface area contributed by atoms with Crippen molar-refractivity contribution < 1.29 is 14.6 Å². The Bertz CT molecular complexity index is 519. The maximum absolute atomic E-state index is 11.4. The third-order valence-corrected chi connectivity index (χ3v) is 2.58. The Balaban J connectivity index is 2.22. The van der Waals surface area contributed by atoms with Gasteiger partial charge in [0.05, 0.1) is 12.3 Å². The Labute approximate surface area is 104 Å². The van der Waals surface area contributed by atoms with Gasteiger partial charge in [0.2, 0.25) is 0 Å². The summed E-state index contributed by atoms with van der Waals surface area (Å²) in [6.45, 7) is 1.91. The van der Waals surface area contributed by atoms with Gasteiger partial charge in [0, 0.05) is 12.4 Å². The summed E-state index contributed by atoms with van der Waals surface area (Å²) in [6, 6.07) is 4.35. The molecule has 18 heavy (non-hydrogen) atoms. The number of imidazole rings is 1. The van der Waals surface area contributed by atoms with E-state index in [1.807, 2.05) is 12.1 Å². The lowest BCUT2D eigenvalue weighted by molar-refractivity contribution is -0.147. The second kappa shape index (κ2) is 5.16. The maximum Gasteiger partial charge on any atom is 0.326 e. The zero-order valence-electron chi connectivity index (χ0n) is 9.98. The van der Waals surface area contributed by atoms with E-state index in [1.54, 1.807) is 29.8 Å². The molecule has 0 amide bonds. The van der Waals surface area contributed by atoms with Gasteiger partial charge in [-0.2, -0.15) is 0 Å². The number of carbonyl (C=O) groups is 1. The largest absolute Gasteiger partial charge is 0.465 e. The second-order valence-electron chi connectivity index (χ2n) is 3.85. The molecule has 0 saturated carbocycles. The van der Waals surface area contributed by atoms with E-state index in [4.69, 9.17) is 10.5 Å². The van der Waals surface area contributed by atoms with E-state index >= 15 is 0 Å². The zero-order valence-corrected chi connectivity index (χ0v) is 9.98. The highest BCUT2D eigenvalue weighted by atomic mass is 16.5. The molecule has 96 valence electrons.